The second kappa shape index (κ2) is 6.80. The number of nitrogens with one attached hydrogen (secondary N) is 1. The number of rotatable bonds is 6. The summed E-state index contributed by atoms with van der Waals surface area (Å²) in [4.78, 5) is 27.1. The van der Waals surface area contributed by atoms with Crippen molar-refractivity contribution in [3.05, 3.63) is 0 Å². The predicted octanol–water partition coefficient (Wildman–Crippen LogP) is 2.57. The molecular weight excluding hydrogens is 264 g/mol. The fourth-order valence-electron chi connectivity index (χ4n) is 3.39. The van der Waals surface area contributed by atoms with E-state index >= 15 is 0 Å². The lowest BCUT2D eigenvalue weighted by molar-refractivity contribution is -0.153. The maximum atomic E-state index is 12.8. The largest absolute Gasteiger partial charge is 0.342 e. The Morgan fingerprint density at radius 3 is 2.38 bits per heavy atom. The Morgan fingerprint density at radius 2 is 1.90 bits per heavy atom. The SMILES string of the molecule is CCC(C)C1NC(=O)C(C(C)C)N(CCC2CCC2)C1=O. The number of amides is 2. The molecule has 1 aliphatic heterocycles. The fourth-order valence-corrected chi connectivity index (χ4v) is 3.39. The van der Waals surface area contributed by atoms with Crippen LogP contribution < -0.4 is 5.32 Å². The van der Waals surface area contributed by atoms with Crippen molar-refractivity contribution < 1.29 is 9.59 Å². The van der Waals surface area contributed by atoms with Gasteiger partial charge in [0, 0.05) is 6.54 Å². The van der Waals surface area contributed by atoms with Crippen molar-refractivity contribution in [2.24, 2.45) is 17.8 Å². The molecule has 2 aliphatic rings. The van der Waals surface area contributed by atoms with Gasteiger partial charge in [-0.2, -0.15) is 0 Å². The average Bonchev–Trinajstić information content (AvgIpc) is 2.38. The number of carbonyl (C=O) groups excluding carboxylic acids is 2. The zero-order chi connectivity index (χ0) is 15.6. The molecular formula is C17H30N2O2. The third kappa shape index (κ3) is 3.41. The van der Waals surface area contributed by atoms with Crippen LogP contribution >= 0.6 is 0 Å². The van der Waals surface area contributed by atoms with E-state index in [0.29, 0.717) is 0 Å². The zero-order valence-electron chi connectivity index (χ0n) is 13.9. The van der Waals surface area contributed by atoms with Gasteiger partial charge in [0.1, 0.15) is 12.1 Å². The number of hydrogen-bond acceptors (Lipinski definition) is 2. The van der Waals surface area contributed by atoms with Crippen LogP contribution in [0.5, 0.6) is 0 Å². The molecule has 21 heavy (non-hydrogen) atoms. The maximum absolute atomic E-state index is 12.8. The van der Waals surface area contributed by atoms with Gasteiger partial charge in [0.15, 0.2) is 0 Å². The first-order valence-electron chi connectivity index (χ1n) is 8.56. The molecule has 1 saturated heterocycles. The molecule has 0 bridgehead atoms. The van der Waals surface area contributed by atoms with E-state index in [1.165, 1.54) is 19.3 Å². The smallest absolute Gasteiger partial charge is 0.246 e. The van der Waals surface area contributed by atoms with Crippen LogP contribution in [-0.4, -0.2) is 35.3 Å². The summed E-state index contributed by atoms with van der Waals surface area (Å²) >= 11 is 0. The second-order valence-corrected chi connectivity index (χ2v) is 7.18. The molecule has 4 nitrogen and oxygen atoms in total. The minimum Gasteiger partial charge on any atom is -0.342 e. The summed E-state index contributed by atoms with van der Waals surface area (Å²) < 4.78 is 0. The summed E-state index contributed by atoms with van der Waals surface area (Å²) in [6.07, 6.45) is 5.85. The van der Waals surface area contributed by atoms with Gasteiger partial charge in [-0.1, -0.05) is 53.4 Å². The van der Waals surface area contributed by atoms with Crippen LogP contribution in [0.1, 0.15) is 59.8 Å². The van der Waals surface area contributed by atoms with Crippen molar-refractivity contribution in [3.8, 4) is 0 Å². The van der Waals surface area contributed by atoms with Crippen molar-refractivity contribution in [3.63, 3.8) is 0 Å². The molecule has 2 amide bonds. The number of nitrogens with zero attached hydrogens (tertiary/aromatic N) is 1. The van der Waals surface area contributed by atoms with Gasteiger partial charge in [0.05, 0.1) is 0 Å². The highest BCUT2D eigenvalue weighted by atomic mass is 16.2. The summed E-state index contributed by atoms with van der Waals surface area (Å²) in [5.41, 5.74) is 0. The Bertz CT molecular complexity index is 390. The first kappa shape index (κ1) is 16.3. The lowest BCUT2D eigenvalue weighted by atomic mass is 9.82. The molecule has 120 valence electrons. The summed E-state index contributed by atoms with van der Waals surface area (Å²) in [6.45, 7) is 8.90. The molecule has 0 aromatic carbocycles. The van der Waals surface area contributed by atoms with Crippen molar-refractivity contribution in [2.75, 3.05) is 6.54 Å². The first-order chi connectivity index (χ1) is 9.95. The number of hydrogen-bond donors (Lipinski definition) is 1. The first-order valence-corrected chi connectivity index (χ1v) is 8.56. The fraction of sp³-hybridized carbons (Fsp3) is 0.882. The molecule has 4 heteroatoms. The third-order valence-corrected chi connectivity index (χ3v) is 5.30. The maximum Gasteiger partial charge on any atom is 0.246 e. The molecule has 2 fully saturated rings. The molecule has 1 N–H and O–H groups in total. The van der Waals surface area contributed by atoms with E-state index in [1.54, 1.807) is 0 Å². The van der Waals surface area contributed by atoms with Gasteiger partial charge in [-0.15, -0.1) is 0 Å². The van der Waals surface area contributed by atoms with Crippen molar-refractivity contribution in [2.45, 2.75) is 71.9 Å². The minimum absolute atomic E-state index is 0.0310. The van der Waals surface area contributed by atoms with Crippen LogP contribution in [0.4, 0.5) is 0 Å². The predicted molar refractivity (Wildman–Crippen MR) is 83.7 cm³/mol. The quantitative estimate of drug-likeness (QED) is 0.818. The van der Waals surface area contributed by atoms with Crippen LogP contribution in [-0.2, 0) is 9.59 Å². The van der Waals surface area contributed by atoms with Gasteiger partial charge >= 0.3 is 0 Å². The van der Waals surface area contributed by atoms with Crippen molar-refractivity contribution >= 4 is 11.8 Å². The van der Waals surface area contributed by atoms with Gasteiger partial charge in [0.25, 0.3) is 0 Å². The lowest BCUT2D eigenvalue weighted by Crippen LogP contribution is -2.66. The van der Waals surface area contributed by atoms with Gasteiger partial charge < -0.3 is 10.2 Å². The Kier molecular flexibility index (Phi) is 5.28. The van der Waals surface area contributed by atoms with Gasteiger partial charge in [-0.3, -0.25) is 9.59 Å². The minimum atomic E-state index is -0.334. The van der Waals surface area contributed by atoms with E-state index in [9.17, 15) is 9.59 Å². The van der Waals surface area contributed by atoms with E-state index in [4.69, 9.17) is 0 Å². The Labute approximate surface area is 128 Å². The Hall–Kier alpha value is -1.06. The molecule has 0 radical (unpaired) electrons. The molecule has 0 aromatic rings. The highest BCUT2D eigenvalue weighted by Gasteiger charge is 2.43. The molecule has 1 saturated carbocycles. The molecule has 0 spiro atoms. The Morgan fingerprint density at radius 1 is 1.24 bits per heavy atom. The zero-order valence-corrected chi connectivity index (χ0v) is 13.9. The average molecular weight is 294 g/mol. The number of piperazine rings is 1. The highest BCUT2D eigenvalue weighted by Crippen LogP contribution is 2.31. The molecule has 1 heterocycles. The van der Waals surface area contributed by atoms with E-state index < -0.39 is 0 Å². The van der Waals surface area contributed by atoms with E-state index in [0.717, 1.165) is 25.3 Å². The van der Waals surface area contributed by atoms with E-state index in [-0.39, 0.29) is 35.7 Å². The normalized spacial score (nSPS) is 28.5. The molecule has 3 atom stereocenters. The van der Waals surface area contributed by atoms with Crippen LogP contribution in [0.2, 0.25) is 0 Å². The van der Waals surface area contributed by atoms with Crippen LogP contribution in [0.25, 0.3) is 0 Å². The Balaban J connectivity index is 2.11. The highest BCUT2D eigenvalue weighted by molar-refractivity contribution is 5.97. The van der Waals surface area contributed by atoms with E-state index in [1.807, 2.05) is 25.7 Å². The van der Waals surface area contributed by atoms with Crippen LogP contribution in [0.15, 0.2) is 0 Å². The third-order valence-electron chi connectivity index (χ3n) is 5.30. The standard InChI is InChI=1S/C17H30N2O2/c1-5-12(4)14-17(21)19(10-9-13-7-6-8-13)15(11(2)3)16(20)18-14/h11-15H,5-10H2,1-4H3,(H,18,20). The number of carbonyl (C=O) groups is 2. The van der Waals surface area contributed by atoms with E-state index in [2.05, 4.69) is 12.2 Å². The summed E-state index contributed by atoms with van der Waals surface area (Å²) in [6, 6.07) is -0.628. The molecule has 2 rings (SSSR count). The topological polar surface area (TPSA) is 49.4 Å². The van der Waals surface area contributed by atoms with Crippen LogP contribution in [0.3, 0.4) is 0 Å². The summed E-state index contributed by atoms with van der Waals surface area (Å²) in [5.74, 6) is 1.28. The monoisotopic (exact) mass is 294 g/mol. The lowest BCUT2D eigenvalue weighted by Gasteiger charge is -2.43. The van der Waals surface area contributed by atoms with Crippen molar-refractivity contribution in [1.82, 2.24) is 10.2 Å². The summed E-state index contributed by atoms with van der Waals surface area (Å²) in [7, 11) is 0. The second-order valence-electron chi connectivity index (χ2n) is 7.18. The molecule has 1 aliphatic carbocycles. The summed E-state index contributed by atoms with van der Waals surface area (Å²) in [5, 5.41) is 2.96. The molecule has 0 aromatic heterocycles. The van der Waals surface area contributed by atoms with Crippen molar-refractivity contribution in [1.29, 1.82) is 0 Å². The van der Waals surface area contributed by atoms with Gasteiger partial charge in [0.2, 0.25) is 11.8 Å². The van der Waals surface area contributed by atoms with Crippen LogP contribution in [0, 0.1) is 17.8 Å². The van der Waals surface area contributed by atoms with Gasteiger partial charge in [-0.25, -0.2) is 0 Å². The molecule has 3 unspecified atom stereocenters. The van der Waals surface area contributed by atoms with Gasteiger partial charge in [-0.05, 0) is 24.2 Å².